The topological polar surface area (TPSA) is 87.3 Å². The minimum Gasteiger partial charge on any atom is -0.343 e. The highest BCUT2D eigenvalue weighted by molar-refractivity contribution is 6.00. The molecule has 2 aromatic carbocycles. The van der Waals surface area contributed by atoms with Crippen molar-refractivity contribution in [1.82, 2.24) is 5.32 Å². The van der Waals surface area contributed by atoms with Gasteiger partial charge in [-0.3, -0.25) is 14.4 Å². The number of benzene rings is 2. The first kappa shape index (κ1) is 18.2. The van der Waals surface area contributed by atoms with Crippen molar-refractivity contribution in [2.75, 3.05) is 17.2 Å². The van der Waals surface area contributed by atoms with Crippen molar-refractivity contribution in [3.8, 4) is 0 Å². The largest absolute Gasteiger partial charge is 0.343 e. The second-order valence-electron chi connectivity index (χ2n) is 5.50. The molecule has 0 heterocycles. The van der Waals surface area contributed by atoms with Crippen molar-refractivity contribution in [3.63, 3.8) is 0 Å². The minimum absolute atomic E-state index is 0.121. The van der Waals surface area contributed by atoms with Crippen molar-refractivity contribution in [2.45, 2.75) is 20.3 Å². The lowest BCUT2D eigenvalue weighted by Gasteiger charge is -2.10. The highest BCUT2D eigenvalue weighted by Crippen LogP contribution is 2.15. The Morgan fingerprint density at radius 3 is 2.24 bits per heavy atom. The van der Waals surface area contributed by atoms with Gasteiger partial charge in [0, 0.05) is 23.9 Å². The Kier molecular flexibility index (Phi) is 6.28. The summed E-state index contributed by atoms with van der Waals surface area (Å²) < 4.78 is 0. The molecule has 2 aromatic rings. The maximum atomic E-state index is 12.1. The molecule has 0 unspecified atom stereocenters. The Balaban J connectivity index is 1.88. The van der Waals surface area contributed by atoms with E-state index in [2.05, 4.69) is 16.0 Å². The van der Waals surface area contributed by atoms with Gasteiger partial charge in [-0.1, -0.05) is 25.1 Å². The molecule has 3 amide bonds. The molecule has 0 fully saturated rings. The normalized spacial score (nSPS) is 10.0. The van der Waals surface area contributed by atoms with Crippen LogP contribution < -0.4 is 16.0 Å². The monoisotopic (exact) mass is 339 g/mol. The molecule has 0 aliphatic rings. The van der Waals surface area contributed by atoms with E-state index in [-0.39, 0.29) is 24.3 Å². The molecular formula is C19H21N3O3. The van der Waals surface area contributed by atoms with E-state index in [0.717, 1.165) is 17.7 Å². The zero-order valence-corrected chi connectivity index (χ0v) is 14.3. The van der Waals surface area contributed by atoms with E-state index in [1.165, 1.54) is 6.92 Å². The number of carbonyl (C=O) groups is 3. The van der Waals surface area contributed by atoms with Gasteiger partial charge in [0.15, 0.2) is 0 Å². The van der Waals surface area contributed by atoms with Crippen LogP contribution in [0.25, 0.3) is 0 Å². The average Bonchev–Trinajstić information content (AvgIpc) is 2.60. The lowest BCUT2D eigenvalue weighted by atomic mass is 10.1. The van der Waals surface area contributed by atoms with E-state index in [4.69, 9.17) is 0 Å². The number of aryl methyl sites for hydroxylation is 1. The third-order valence-electron chi connectivity index (χ3n) is 3.55. The van der Waals surface area contributed by atoms with Crippen LogP contribution in [0.15, 0.2) is 48.5 Å². The van der Waals surface area contributed by atoms with Gasteiger partial charge in [-0.05, 0) is 42.3 Å². The van der Waals surface area contributed by atoms with Crippen molar-refractivity contribution < 1.29 is 14.4 Å². The minimum atomic E-state index is -0.353. The van der Waals surface area contributed by atoms with Crippen LogP contribution in [0.2, 0.25) is 0 Å². The maximum Gasteiger partial charge on any atom is 0.251 e. The van der Waals surface area contributed by atoms with E-state index in [1.807, 2.05) is 31.2 Å². The molecule has 25 heavy (non-hydrogen) atoms. The molecule has 0 saturated carbocycles. The standard InChI is InChI=1S/C19H21N3O3/c1-3-14-6-4-5-7-17(14)22-18(24)12-20-19(25)15-8-10-16(11-9-15)21-13(2)23/h4-11H,3,12H2,1-2H3,(H,20,25)(H,21,23)(H,22,24). The summed E-state index contributed by atoms with van der Waals surface area (Å²) in [6.45, 7) is 3.30. The first-order valence-electron chi connectivity index (χ1n) is 8.03. The molecule has 0 aliphatic carbocycles. The number of rotatable bonds is 6. The van der Waals surface area contributed by atoms with E-state index < -0.39 is 0 Å². The number of para-hydroxylation sites is 1. The predicted octanol–water partition coefficient (Wildman–Crippen LogP) is 2.58. The van der Waals surface area contributed by atoms with Crippen LogP contribution >= 0.6 is 0 Å². The highest BCUT2D eigenvalue weighted by atomic mass is 16.2. The van der Waals surface area contributed by atoms with Gasteiger partial charge in [0.25, 0.3) is 5.91 Å². The summed E-state index contributed by atoms with van der Waals surface area (Å²) in [7, 11) is 0. The Bertz CT molecular complexity index is 770. The summed E-state index contributed by atoms with van der Waals surface area (Å²) in [6.07, 6.45) is 0.809. The summed E-state index contributed by atoms with van der Waals surface area (Å²) in [5, 5.41) is 8.00. The molecule has 0 radical (unpaired) electrons. The molecule has 2 rings (SSSR count). The van der Waals surface area contributed by atoms with Crippen molar-refractivity contribution >= 4 is 29.1 Å². The molecular weight excluding hydrogens is 318 g/mol. The molecule has 0 bridgehead atoms. The second-order valence-corrected chi connectivity index (χ2v) is 5.50. The van der Waals surface area contributed by atoms with Crippen LogP contribution in [-0.4, -0.2) is 24.3 Å². The Labute approximate surface area is 146 Å². The summed E-state index contributed by atoms with van der Waals surface area (Å²) in [4.78, 5) is 35.1. The quantitative estimate of drug-likeness (QED) is 0.756. The van der Waals surface area contributed by atoms with Crippen LogP contribution in [0.4, 0.5) is 11.4 Å². The molecule has 6 nitrogen and oxygen atoms in total. The van der Waals surface area contributed by atoms with E-state index in [0.29, 0.717) is 11.3 Å². The SMILES string of the molecule is CCc1ccccc1NC(=O)CNC(=O)c1ccc(NC(C)=O)cc1. The first-order chi connectivity index (χ1) is 12.0. The summed E-state index contributed by atoms with van der Waals surface area (Å²) in [5.74, 6) is -0.821. The van der Waals surface area contributed by atoms with Crippen molar-refractivity contribution in [1.29, 1.82) is 0 Å². The van der Waals surface area contributed by atoms with Gasteiger partial charge in [0.2, 0.25) is 11.8 Å². The van der Waals surface area contributed by atoms with E-state index >= 15 is 0 Å². The fourth-order valence-corrected chi connectivity index (χ4v) is 2.32. The molecule has 0 atom stereocenters. The van der Waals surface area contributed by atoms with Gasteiger partial charge >= 0.3 is 0 Å². The van der Waals surface area contributed by atoms with Crippen LogP contribution in [0.3, 0.4) is 0 Å². The molecule has 3 N–H and O–H groups in total. The van der Waals surface area contributed by atoms with Gasteiger partial charge in [-0.15, -0.1) is 0 Å². The van der Waals surface area contributed by atoms with Gasteiger partial charge in [0.1, 0.15) is 0 Å². The number of hydrogen-bond donors (Lipinski definition) is 3. The van der Waals surface area contributed by atoms with Gasteiger partial charge in [0.05, 0.1) is 6.54 Å². The summed E-state index contributed by atoms with van der Waals surface area (Å²) in [5.41, 5.74) is 2.81. The molecule has 0 aliphatic heterocycles. The van der Waals surface area contributed by atoms with Crippen LogP contribution in [-0.2, 0) is 16.0 Å². The molecule has 130 valence electrons. The van der Waals surface area contributed by atoms with Gasteiger partial charge in [-0.25, -0.2) is 0 Å². The highest BCUT2D eigenvalue weighted by Gasteiger charge is 2.09. The number of anilines is 2. The molecule has 0 saturated heterocycles. The van der Waals surface area contributed by atoms with Crippen LogP contribution in [0.1, 0.15) is 29.8 Å². The van der Waals surface area contributed by atoms with Crippen molar-refractivity contribution in [2.24, 2.45) is 0 Å². The fourth-order valence-electron chi connectivity index (χ4n) is 2.32. The third-order valence-corrected chi connectivity index (χ3v) is 3.55. The Morgan fingerprint density at radius 1 is 0.920 bits per heavy atom. The predicted molar refractivity (Wildman–Crippen MR) is 97.5 cm³/mol. The Hall–Kier alpha value is -3.15. The fraction of sp³-hybridized carbons (Fsp3) is 0.211. The molecule has 0 spiro atoms. The smallest absolute Gasteiger partial charge is 0.251 e. The number of hydrogen-bond acceptors (Lipinski definition) is 3. The number of carbonyl (C=O) groups excluding carboxylic acids is 3. The molecule has 6 heteroatoms. The van der Waals surface area contributed by atoms with Gasteiger partial charge < -0.3 is 16.0 Å². The number of amides is 3. The van der Waals surface area contributed by atoms with Crippen LogP contribution in [0, 0.1) is 0 Å². The lowest BCUT2D eigenvalue weighted by Crippen LogP contribution is -2.33. The second kappa shape index (κ2) is 8.63. The van der Waals surface area contributed by atoms with Gasteiger partial charge in [-0.2, -0.15) is 0 Å². The van der Waals surface area contributed by atoms with Crippen molar-refractivity contribution in [3.05, 3.63) is 59.7 Å². The first-order valence-corrected chi connectivity index (χ1v) is 8.03. The Morgan fingerprint density at radius 2 is 1.60 bits per heavy atom. The van der Waals surface area contributed by atoms with Crippen LogP contribution in [0.5, 0.6) is 0 Å². The van der Waals surface area contributed by atoms with E-state index in [9.17, 15) is 14.4 Å². The summed E-state index contributed by atoms with van der Waals surface area (Å²) in [6, 6.07) is 14.0. The average molecular weight is 339 g/mol. The zero-order valence-electron chi connectivity index (χ0n) is 14.3. The summed E-state index contributed by atoms with van der Waals surface area (Å²) >= 11 is 0. The third kappa shape index (κ3) is 5.46. The maximum absolute atomic E-state index is 12.1. The number of nitrogens with one attached hydrogen (secondary N) is 3. The molecule has 0 aromatic heterocycles. The lowest BCUT2D eigenvalue weighted by molar-refractivity contribution is -0.115. The zero-order chi connectivity index (χ0) is 18.2. The van der Waals surface area contributed by atoms with E-state index in [1.54, 1.807) is 24.3 Å².